The highest BCUT2D eigenvalue weighted by atomic mass is 31.2. The molecule has 4 rings (SSSR count). The van der Waals surface area contributed by atoms with Gasteiger partial charge in [-0.15, -0.1) is 0 Å². The molecule has 0 atom stereocenters. The van der Waals surface area contributed by atoms with E-state index in [9.17, 15) is 0 Å². The van der Waals surface area contributed by atoms with Gasteiger partial charge in [-0.2, -0.15) is 0 Å². The van der Waals surface area contributed by atoms with Crippen LogP contribution in [-0.4, -0.2) is 22.0 Å². The SMILES string of the molecule is C[Si](C)(C)N=P([C+]=P([N-][Si](C)(C)C)(c1ccccc1)c1ccccc1)(c1ccccc1)c1ccccc1. The Balaban J connectivity index is 2.30. The Morgan fingerprint density at radius 3 is 1.14 bits per heavy atom. The quantitative estimate of drug-likeness (QED) is 0.119. The molecule has 0 saturated carbocycles. The van der Waals surface area contributed by atoms with Crippen LogP contribution < -0.4 is 21.2 Å². The molecule has 2 nitrogen and oxygen atoms in total. The second-order valence-electron chi connectivity index (χ2n) is 11.3. The average Bonchev–Trinajstić information content (AvgIpc) is 2.88. The maximum atomic E-state index is 5.87. The van der Waals surface area contributed by atoms with E-state index < -0.39 is 30.6 Å². The summed E-state index contributed by atoms with van der Waals surface area (Å²) < 4.78 is 11.7. The van der Waals surface area contributed by atoms with E-state index in [1.807, 2.05) is 0 Å². The highest BCUT2D eigenvalue weighted by Crippen LogP contribution is 2.61. The molecule has 37 heavy (non-hydrogen) atoms. The zero-order valence-corrected chi connectivity index (χ0v) is 26.6. The third-order valence-electron chi connectivity index (χ3n) is 5.71. The lowest BCUT2D eigenvalue weighted by atomic mass is 10.4. The first-order valence-electron chi connectivity index (χ1n) is 12.8. The highest BCUT2D eigenvalue weighted by molar-refractivity contribution is 8.10. The summed E-state index contributed by atoms with van der Waals surface area (Å²) in [6.45, 7) is 14.1. The molecule has 0 aliphatic carbocycles. The largest absolute Gasteiger partial charge is 0.587 e. The standard InChI is InChI=1S/C31H38N2P2Si2/c1-36(2,3)32-34(28-19-11-7-12-20-28,29-21-13-8-14-22-29)27-35(33-37(4,5)6,30-23-15-9-16-24-30)31-25-17-10-18-26-31/h7-26H,1-6H3. The average molecular weight is 557 g/mol. The molecule has 0 N–H and O–H groups in total. The lowest BCUT2D eigenvalue weighted by molar-refractivity contribution is 1.59. The summed E-state index contributed by atoms with van der Waals surface area (Å²) >= 11 is 0. The van der Waals surface area contributed by atoms with Crippen LogP contribution in [0, 0.1) is 0 Å². The molecule has 0 aromatic heterocycles. The molecule has 0 radical (unpaired) electrons. The molecule has 0 amide bonds. The van der Waals surface area contributed by atoms with Gasteiger partial charge in [0.15, 0.2) is 8.24 Å². The van der Waals surface area contributed by atoms with Gasteiger partial charge in [-0.05, 0) is 43.9 Å². The summed E-state index contributed by atoms with van der Waals surface area (Å²) in [5.41, 5.74) is 4.42. The van der Waals surface area contributed by atoms with Gasteiger partial charge in [0.1, 0.15) is 0 Å². The maximum absolute atomic E-state index is 5.87. The number of benzene rings is 4. The second kappa shape index (κ2) is 11.2. The van der Waals surface area contributed by atoms with E-state index in [2.05, 4.69) is 166 Å². The zero-order chi connectivity index (χ0) is 26.6. The van der Waals surface area contributed by atoms with Crippen molar-refractivity contribution in [2.45, 2.75) is 39.3 Å². The summed E-state index contributed by atoms with van der Waals surface area (Å²) in [6.07, 6.45) is 0. The molecule has 4 aromatic carbocycles. The Hall–Kier alpha value is -2.29. The van der Waals surface area contributed by atoms with Crippen LogP contribution in [0.1, 0.15) is 0 Å². The van der Waals surface area contributed by atoms with Crippen LogP contribution in [0.2, 0.25) is 39.3 Å². The smallest absolute Gasteiger partial charge is 0.265 e. The second-order valence-corrected chi connectivity index (χ2v) is 26.9. The summed E-state index contributed by atoms with van der Waals surface area (Å²) in [6, 6.07) is 43.7. The van der Waals surface area contributed by atoms with Gasteiger partial charge >= 0.3 is 0 Å². The third-order valence-corrected chi connectivity index (χ3v) is 19.4. The number of hydrogen-bond donors (Lipinski definition) is 0. The summed E-state index contributed by atoms with van der Waals surface area (Å²) in [7, 11) is -8.73. The molecule has 0 aliphatic rings. The van der Waals surface area contributed by atoms with Gasteiger partial charge in [-0.3, -0.25) is 4.41 Å². The predicted molar refractivity (Wildman–Crippen MR) is 176 cm³/mol. The van der Waals surface area contributed by atoms with E-state index in [0.29, 0.717) is 0 Å². The predicted octanol–water partition coefficient (Wildman–Crippen LogP) is 8.10. The first kappa shape index (κ1) is 27.7. The lowest BCUT2D eigenvalue weighted by Gasteiger charge is -2.42. The molecule has 0 heterocycles. The summed E-state index contributed by atoms with van der Waals surface area (Å²) in [4.78, 5) is 0. The van der Waals surface area contributed by atoms with Crippen molar-refractivity contribution in [3.63, 3.8) is 0 Å². The van der Waals surface area contributed by atoms with Crippen molar-refractivity contribution in [3.05, 3.63) is 126 Å². The fourth-order valence-corrected chi connectivity index (χ4v) is 21.2. The van der Waals surface area contributed by atoms with Crippen molar-refractivity contribution in [1.29, 1.82) is 0 Å². The van der Waals surface area contributed by atoms with E-state index in [4.69, 9.17) is 9.16 Å². The normalized spacial score (nSPS) is 12.6. The van der Waals surface area contributed by atoms with Crippen molar-refractivity contribution < 1.29 is 0 Å². The first-order valence-corrected chi connectivity index (χ1v) is 23.2. The van der Waals surface area contributed by atoms with Crippen LogP contribution in [0.3, 0.4) is 0 Å². The Labute approximate surface area is 226 Å². The van der Waals surface area contributed by atoms with Crippen LogP contribution in [0.4, 0.5) is 0 Å². The molecule has 0 saturated heterocycles. The van der Waals surface area contributed by atoms with Gasteiger partial charge in [0, 0.05) is 21.2 Å². The first-order chi connectivity index (χ1) is 17.5. The monoisotopic (exact) mass is 556 g/mol. The van der Waals surface area contributed by atoms with Crippen LogP contribution in [0.5, 0.6) is 0 Å². The van der Waals surface area contributed by atoms with Crippen LogP contribution >= 0.6 is 14.1 Å². The van der Waals surface area contributed by atoms with Crippen molar-refractivity contribution in [1.82, 2.24) is 0 Å². The number of hydrogen-bond acceptors (Lipinski definition) is 1. The van der Waals surface area contributed by atoms with Gasteiger partial charge in [0.05, 0.1) is 7.04 Å². The van der Waals surface area contributed by atoms with Gasteiger partial charge in [0.25, 0.3) is 7.05 Å². The highest BCUT2D eigenvalue weighted by Gasteiger charge is 2.42. The van der Waals surface area contributed by atoms with E-state index in [0.717, 1.165) is 0 Å². The maximum Gasteiger partial charge on any atom is 0.265 e. The van der Waals surface area contributed by atoms with Crippen molar-refractivity contribution >= 4 is 57.3 Å². The van der Waals surface area contributed by atoms with Crippen molar-refractivity contribution in [2.24, 2.45) is 4.41 Å². The molecule has 0 unspecified atom stereocenters. The van der Waals surface area contributed by atoms with E-state index in [1.54, 1.807) is 0 Å². The molecule has 4 aromatic rings. The lowest BCUT2D eigenvalue weighted by Crippen LogP contribution is -2.30. The number of nitrogens with zero attached hydrogens (tertiary/aromatic N) is 2. The van der Waals surface area contributed by atoms with E-state index in [1.165, 1.54) is 21.2 Å². The van der Waals surface area contributed by atoms with Gasteiger partial charge in [0.2, 0.25) is 5.54 Å². The van der Waals surface area contributed by atoms with E-state index in [-0.39, 0.29) is 0 Å². The molecular formula is C31H38N2P2Si2. The van der Waals surface area contributed by atoms with Crippen molar-refractivity contribution in [2.75, 3.05) is 0 Å². The van der Waals surface area contributed by atoms with Crippen LogP contribution in [-0.2, 0) is 0 Å². The fourth-order valence-electron chi connectivity index (χ4n) is 4.49. The topological polar surface area (TPSA) is 26.5 Å². The molecule has 6 heteroatoms. The minimum atomic E-state index is -2.45. The van der Waals surface area contributed by atoms with Gasteiger partial charge in [-0.25, -0.2) is 0 Å². The Morgan fingerprint density at radius 1 is 0.514 bits per heavy atom. The minimum absolute atomic E-state index is 1.26. The Bertz CT molecular complexity index is 1320. The Morgan fingerprint density at radius 2 is 0.838 bits per heavy atom. The minimum Gasteiger partial charge on any atom is -0.587 e. The zero-order valence-electron chi connectivity index (χ0n) is 22.8. The molecule has 190 valence electrons. The van der Waals surface area contributed by atoms with Crippen molar-refractivity contribution in [3.8, 4) is 0 Å². The van der Waals surface area contributed by atoms with Crippen LogP contribution in [0.25, 0.3) is 4.75 Å². The molecule has 0 fully saturated rings. The van der Waals surface area contributed by atoms with Gasteiger partial charge in [-0.1, -0.05) is 125 Å². The third kappa shape index (κ3) is 6.59. The Kier molecular flexibility index (Phi) is 8.41. The molecule has 0 bridgehead atoms. The van der Waals surface area contributed by atoms with E-state index >= 15 is 0 Å². The summed E-state index contributed by atoms with van der Waals surface area (Å²) in [5.74, 6) is 0. The number of rotatable bonds is 8. The molecular weight excluding hydrogens is 518 g/mol. The fraction of sp³-hybridized carbons (Fsp3) is 0.194. The molecule has 0 spiro atoms. The van der Waals surface area contributed by atoms with Gasteiger partial charge < -0.3 is 4.75 Å². The summed E-state index contributed by atoms with van der Waals surface area (Å²) in [5, 5.41) is 5.02. The molecule has 0 aliphatic heterocycles. The van der Waals surface area contributed by atoms with Crippen LogP contribution in [0.15, 0.2) is 126 Å².